The van der Waals surface area contributed by atoms with Crippen LogP contribution < -0.4 is 5.73 Å². The third-order valence-corrected chi connectivity index (χ3v) is 4.07. The molecular weight excluding hydrogens is 293 g/mol. The van der Waals surface area contributed by atoms with E-state index in [4.69, 9.17) is 11.1 Å². The molecule has 21 heavy (non-hydrogen) atoms. The van der Waals surface area contributed by atoms with Gasteiger partial charge >= 0.3 is 0 Å². The third kappa shape index (κ3) is 3.41. The molecule has 0 saturated carbocycles. The van der Waals surface area contributed by atoms with Crippen molar-refractivity contribution < 1.29 is 12.8 Å². The van der Waals surface area contributed by atoms with Gasteiger partial charge in [-0.25, -0.2) is 4.39 Å². The molecule has 3 N–H and O–H groups in total. The molecule has 0 aliphatic heterocycles. The predicted octanol–water partition coefficient (Wildman–Crippen LogP) is 1.71. The van der Waals surface area contributed by atoms with E-state index in [0.29, 0.717) is 11.1 Å². The van der Waals surface area contributed by atoms with E-state index in [1.807, 2.05) is 0 Å². The Morgan fingerprint density at radius 1 is 1.24 bits per heavy atom. The summed E-state index contributed by atoms with van der Waals surface area (Å²) in [4.78, 5) is -0.506. The van der Waals surface area contributed by atoms with Gasteiger partial charge in [0.2, 0.25) is 0 Å². The topological polar surface area (TPSA) is 96.4 Å². The van der Waals surface area contributed by atoms with E-state index >= 15 is 0 Å². The second-order valence-corrected chi connectivity index (χ2v) is 5.78. The lowest BCUT2D eigenvalue weighted by Crippen LogP contribution is -2.07. The number of sulfonamides is 1. The molecule has 0 amide bonds. The van der Waals surface area contributed by atoms with E-state index in [-0.39, 0.29) is 12.3 Å². The van der Waals surface area contributed by atoms with Gasteiger partial charge in [0, 0.05) is 12.1 Å². The van der Waals surface area contributed by atoms with Crippen molar-refractivity contribution in [3.63, 3.8) is 0 Å². The fourth-order valence-corrected chi connectivity index (χ4v) is 2.78. The SMILES string of the molecule is N=C=C1C=CC(=NS(=O)(=O)c2cc(CN)ccc2F)C=C1. The minimum absolute atomic E-state index is 0.104. The van der Waals surface area contributed by atoms with Crippen molar-refractivity contribution in [2.24, 2.45) is 10.1 Å². The first-order valence-corrected chi connectivity index (χ1v) is 7.39. The molecule has 0 saturated heterocycles. The molecule has 1 aliphatic carbocycles. The lowest BCUT2D eigenvalue weighted by molar-refractivity contribution is 0.567. The number of allylic oxidation sites excluding steroid dienone is 5. The highest BCUT2D eigenvalue weighted by Crippen LogP contribution is 2.19. The van der Waals surface area contributed by atoms with Gasteiger partial charge in [-0.1, -0.05) is 6.07 Å². The molecule has 108 valence electrons. The average molecular weight is 305 g/mol. The van der Waals surface area contributed by atoms with Gasteiger partial charge in [-0.05, 0) is 47.9 Å². The molecular formula is C14H12FN3O2S. The monoisotopic (exact) mass is 305 g/mol. The molecule has 0 unspecified atom stereocenters. The van der Waals surface area contributed by atoms with Crippen LogP contribution in [0.1, 0.15) is 5.56 Å². The maximum Gasteiger partial charge on any atom is 0.285 e. The first-order chi connectivity index (χ1) is 9.96. The van der Waals surface area contributed by atoms with Crippen molar-refractivity contribution in [3.8, 4) is 0 Å². The van der Waals surface area contributed by atoms with Crippen LogP contribution in [0, 0.1) is 11.2 Å². The average Bonchev–Trinajstić information content (AvgIpc) is 2.48. The Hall–Kier alpha value is -2.34. The molecule has 1 aromatic carbocycles. The number of rotatable bonds is 3. The quantitative estimate of drug-likeness (QED) is 0.832. The Kier molecular flexibility index (Phi) is 4.28. The van der Waals surface area contributed by atoms with Gasteiger partial charge in [-0.2, -0.15) is 12.8 Å². The summed E-state index contributed by atoms with van der Waals surface area (Å²) < 4.78 is 41.6. The van der Waals surface area contributed by atoms with E-state index in [1.165, 1.54) is 36.4 Å². The second-order valence-electron chi connectivity index (χ2n) is 4.21. The molecule has 0 atom stereocenters. The Morgan fingerprint density at radius 3 is 2.48 bits per heavy atom. The summed E-state index contributed by atoms with van der Waals surface area (Å²) in [5.74, 6) is 1.28. The highest BCUT2D eigenvalue weighted by molar-refractivity contribution is 7.90. The lowest BCUT2D eigenvalue weighted by atomic mass is 10.1. The molecule has 0 aromatic heterocycles. The summed E-state index contributed by atoms with van der Waals surface area (Å²) in [5.41, 5.74) is 6.56. The summed E-state index contributed by atoms with van der Waals surface area (Å²) in [6.07, 6.45) is 5.82. The van der Waals surface area contributed by atoms with Crippen LogP contribution in [0.4, 0.5) is 4.39 Å². The standard InChI is InChI=1S/C14H12FN3O2S/c15-13-6-3-11(9-17)7-14(13)21(19,20)18-12-4-1-10(8-16)2-5-12/h1-7,16H,9,17H2. The van der Waals surface area contributed by atoms with Crippen LogP contribution in [0.5, 0.6) is 0 Å². The number of nitrogens with two attached hydrogens (primary N) is 1. The number of nitrogens with one attached hydrogen (secondary N) is 1. The zero-order chi connectivity index (χ0) is 15.5. The van der Waals surface area contributed by atoms with E-state index in [9.17, 15) is 12.8 Å². The summed E-state index contributed by atoms with van der Waals surface area (Å²) in [6.45, 7) is 0.104. The van der Waals surface area contributed by atoms with E-state index < -0.39 is 20.7 Å². The Labute approximate surface area is 121 Å². The zero-order valence-electron chi connectivity index (χ0n) is 10.9. The minimum Gasteiger partial charge on any atom is -0.326 e. The van der Waals surface area contributed by atoms with Gasteiger partial charge in [0.05, 0.1) is 5.71 Å². The van der Waals surface area contributed by atoms with Gasteiger partial charge in [-0.3, -0.25) is 5.41 Å². The molecule has 0 fully saturated rings. The third-order valence-electron chi connectivity index (χ3n) is 2.75. The van der Waals surface area contributed by atoms with Crippen molar-refractivity contribution >= 4 is 21.6 Å². The van der Waals surface area contributed by atoms with Gasteiger partial charge in [0.25, 0.3) is 10.0 Å². The van der Waals surface area contributed by atoms with Gasteiger partial charge in [0.15, 0.2) is 0 Å². The van der Waals surface area contributed by atoms with Crippen molar-refractivity contribution in [2.75, 3.05) is 0 Å². The molecule has 1 aliphatic rings. The Balaban J connectivity index is 2.45. The highest BCUT2D eigenvalue weighted by atomic mass is 32.2. The molecule has 1 aromatic rings. The van der Waals surface area contributed by atoms with Crippen LogP contribution in [0.2, 0.25) is 0 Å². The summed E-state index contributed by atoms with van der Waals surface area (Å²) in [7, 11) is -4.17. The van der Waals surface area contributed by atoms with Crippen LogP contribution in [-0.2, 0) is 16.6 Å². The maximum absolute atomic E-state index is 13.7. The van der Waals surface area contributed by atoms with Crippen LogP contribution >= 0.6 is 0 Å². The van der Waals surface area contributed by atoms with Crippen molar-refractivity contribution in [1.82, 2.24) is 0 Å². The summed E-state index contributed by atoms with van der Waals surface area (Å²) in [6, 6.07) is 3.65. The Bertz CT molecular complexity index is 799. The largest absolute Gasteiger partial charge is 0.326 e. The molecule has 0 radical (unpaired) electrons. The molecule has 7 heteroatoms. The van der Waals surface area contributed by atoms with E-state index in [0.717, 1.165) is 6.07 Å². The van der Waals surface area contributed by atoms with Gasteiger partial charge in [0.1, 0.15) is 10.7 Å². The zero-order valence-corrected chi connectivity index (χ0v) is 11.7. The second kappa shape index (κ2) is 5.97. The molecule has 2 rings (SSSR count). The van der Waals surface area contributed by atoms with Crippen LogP contribution in [0.15, 0.2) is 57.4 Å². The van der Waals surface area contributed by atoms with Gasteiger partial charge in [-0.15, -0.1) is 0 Å². The molecule has 0 heterocycles. The first-order valence-electron chi connectivity index (χ1n) is 5.95. The molecule has 5 nitrogen and oxygen atoms in total. The number of benzene rings is 1. The van der Waals surface area contributed by atoms with E-state index in [1.54, 1.807) is 0 Å². The number of hydrogen-bond donors (Lipinski definition) is 2. The summed E-state index contributed by atoms with van der Waals surface area (Å²) >= 11 is 0. The highest BCUT2D eigenvalue weighted by Gasteiger charge is 2.19. The molecule has 0 bridgehead atoms. The van der Waals surface area contributed by atoms with Crippen molar-refractivity contribution in [3.05, 3.63) is 59.5 Å². The number of nitrogens with zero attached hydrogens (tertiary/aromatic N) is 1. The first kappa shape index (κ1) is 15.1. The van der Waals surface area contributed by atoms with Gasteiger partial charge < -0.3 is 5.73 Å². The predicted molar refractivity (Wildman–Crippen MR) is 78.4 cm³/mol. The lowest BCUT2D eigenvalue weighted by Gasteiger charge is -2.05. The molecule has 0 spiro atoms. The number of hydrogen-bond acceptors (Lipinski definition) is 4. The fourth-order valence-electron chi connectivity index (χ4n) is 1.67. The van der Waals surface area contributed by atoms with Crippen LogP contribution in [0.25, 0.3) is 0 Å². The maximum atomic E-state index is 13.7. The fraction of sp³-hybridized carbons (Fsp3) is 0.0714. The minimum atomic E-state index is -4.17. The van der Waals surface area contributed by atoms with Crippen molar-refractivity contribution in [1.29, 1.82) is 5.41 Å². The van der Waals surface area contributed by atoms with Crippen LogP contribution in [0.3, 0.4) is 0 Å². The Morgan fingerprint density at radius 2 is 1.90 bits per heavy atom. The van der Waals surface area contributed by atoms with Crippen molar-refractivity contribution in [2.45, 2.75) is 11.4 Å². The van der Waals surface area contributed by atoms with E-state index in [2.05, 4.69) is 10.3 Å². The van der Waals surface area contributed by atoms with Crippen LogP contribution in [-0.4, -0.2) is 20.0 Å². The smallest absolute Gasteiger partial charge is 0.285 e. The number of halogens is 1. The summed E-state index contributed by atoms with van der Waals surface area (Å²) in [5, 5.41) is 6.94. The normalized spacial score (nSPS) is 14.2.